The molecular weight excluding hydrogens is 274 g/mol. The summed E-state index contributed by atoms with van der Waals surface area (Å²) in [7, 11) is 0. The largest absolute Gasteiger partial charge is 0.616 e. The molecule has 21 heavy (non-hydrogen) atoms. The quantitative estimate of drug-likeness (QED) is 0.614. The third-order valence-electron chi connectivity index (χ3n) is 2.59. The number of rotatable bonds is 5. The average Bonchev–Trinajstić information content (AvgIpc) is 2.47. The van der Waals surface area contributed by atoms with Gasteiger partial charge in [0, 0.05) is 17.3 Å². The maximum absolute atomic E-state index is 11.7. The molecule has 1 heterocycles. The van der Waals surface area contributed by atoms with Crippen LogP contribution in [0.1, 0.15) is 10.4 Å². The van der Waals surface area contributed by atoms with Crippen LogP contribution in [0.2, 0.25) is 0 Å². The van der Waals surface area contributed by atoms with E-state index in [2.05, 4.69) is 5.32 Å². The van der Waals surface area contributed by atoms with Crippen LogP contribution in [0.3, 0.4) is 0 Å². The van der Waals surface area contributed by atoms with Crippen LogP contribution < -0.4 is 20.5 Å². The summed E-state index contributed by atoms with van der Waals surface area (Å²) in [6, 6.07) is 10.7. The van der Waals surface area contributed by atoms with Gasteiger partial charge in [-0.05, 0) is 30.3 Å². The number of benzene rings is 1. The molecule has 0 atom stereocenters. The third-order valence-corrected chi connectivity index (χ3v) is 2.59. The molecule has 1 aromatic carbocycles. The van der Waals surface area contributed by atoms with Gasteiger partial charge in [-0.25, -0.2) is 0 Å². The van der Waals surface area contributed by atoms with Gasteiger partial charge in [-0.15, -0.1) is 4.73 Å². The molecule has 0 saturated carbocycles. The number of carbonyl (C=O) groups excluding carboxylic acids is 2. The average molecular weight is 287 g/mol. The second kappa shape index (κ2) is 6.38. The molecule has 0 radical (unpaired) electrons. The molecule has 3 N–H and O–H groups in total. The number of pyridine rings is 1. The molecule has 2 amide bonds. The van der Waals surface area contributed by atoms with E-state index in [1.165, 1.54) is 24.4 Å². The van der Waals surface area contributed by atoms with E-state index in [0.717, 1.165) is 0 Å². The van der Waals surface area contributed by atoms with Crippen molar-refractivity contribution < 1.29 is 19.1 Å². The number of nitrogens with one attached hydrogen (secondary N) is 1. The van der Waals surface area contributed by atoms with Crippen molar-refractivity contribution in [1.82, 2.24) is 0 Å². The minimum atomic E-state index is -0.541. The molecule has 0 saturated heterocycles. The van der Waals surface area contributed by atoms with E-state index in [-0.39, 0.29) is 12.5 Å². The lowest BCUT2D eigenvalue weighted by molar-refractivity contribution is -0.612. The van der Waals surface area contributed by atoms with Crippen molar-refractivity contribution in [2.45, 2.75) is 0 Å². The number of carbonyl (C=O) groups is 2. The van der Waals surface area contributed by atoms with Crippen LogP contribution >= 0.6 is 0 Å². The molecule has 0 aliphatic heterocycles. The zero-order chi connectivity index (χ0) is 15.2. The SMILES string of the molecule is NC(=O)c1ccc(NC(=O)COc2cccc[n+]2[O-])cc1. The van der Waals surface area contributed by atoms with E-state index >= 15 is 0 Å². The van der Waals surface area contributed by atoms with E-state index in [1.54, 1.807) is 24.3 Å². The normalized spacial score (nSPS) is 9.90. The zero-order valence-corrected chi connectivity index (χ0v) is 11.0. The van der Waals surface area contributed by atoms with Crippen molar-refractivity contribution >= 4 is 17.5 Å². The number of hydrogen-bond acceptors (Lipinski definition) is 4. The Morgan fingerprint density at radius 3 is 2.52 bits per heavy atom. The Morgan fingerprint density at radius 1 is 1.19 bits per heavy atom. The van der Waals surface area contributed by atoms with E-state index in [1.807, 2.05) is 0 Å². The monoisotopic (exact) mass is 287 g/mol. The van der Waals surface area contributed by atoms with Gasteiger partial charge in [-0.1, -0.05) is 0 Å². The van der Waals surface area contributed by atoms with Crippen LogP contribution in [0.25, 0.3) is 0 Å². The fourth-order valence-corrected chi connectivity index (χ4v) is 1.58. The van der Waals surface area contributed by atoms with Gasteiger partial charge < -0.3 is 21.0 Å². The predicted molar refractivity (Wildman–Crippen MR) is 74.5 cm³/mol. The Hall–Kier alpha value is -3.09. The minimum Gasteiger partial charge on any atom is -0.616 e. The van der Waals surface area contributed by atoms with E-state index in [4.69, 9.17) is 10.5 Å². The third kappa shape index (κ3) is 3.93. The summed E-state index contributed by atoms with van der Waals surface area (Å²) in [5.41, 5.74) is 5.96. The van der Waals surface area contributed by atoms with Gasteiger partial charge in [0.1, 0.15) is 0 Å². The summed E-state index contributed by atoms with van der Waals surface area (Å²) in [6.45, 7) is -0.302. The number of aromatic nitrogens is 1. The second-order valence-electron chi connectivity index (χ2n) is 4.14. The number of amides is 2. The summed E-state index contributed by atoms with van der Waals surface area (Å²) in [6.07, 6.45) is 1.27. The molecule has 2 aromatic rings. The molecule has 0 aliphatic rings. The highest BCUT2D eigenvalue weighted by Gasteiger charge is 2.09. The fourth-order valence-electron chi connectivity index (χ4n) is 1.58. The van der Waals surface area contributed by atoms with Gasteiger partial charge >= 0.3 is 5.88 Å². The van der Waals surface area contributed by atoms with Gasteiger partial charge in [0.15, 0.2) is 12.8 Å². The number of primary amides is 1. The topological polar surface area (TPSA) is 108 Å². The minimum absolute atomic E-state index is 0.0386. The molecular formula is C14H13N3O4. The molecule has 1 aromatic heterocycles. The van der Waals surface area contributed by atoms with Crippen molar-refractivity contribution in [1.29, 1.82) is 0 Å². The molecule has 0 unspecified atom stereocenters. The van der Waals surface area contributed by atoms with Crippen molar-refractivity contribution in [2.75, 3.05) is 11.9 Å². The summed E-state index contributed by atoms with van der Waals surface area (Å²) >= 11 is 0. The maximum atomic E-state index is 11.7. The lowest BCUT2D eigenvalue weighted by atomic mass is 10.2. The number of ether oxygens (including phenoxy) is 1. The maximum Gasteiger partial charge on any atom is 0.379 e. The molecule has 0 spiro atoms. The summed E-state index contributed by atoms with van der Waals surface area (Å²) in [4.78, 5) is 22.6. The molecule has 0 aliphatic carbocycles. The first-order valence-electron chi connectivity index (χ1n) is 6.07. The number of nitrogens with two attached hydrogens (primary N) is 1. The molecule has 0 bridgehead atoms. The van der Waals surface area contributed by atoms with Gasteiger partial charge in [-0.2, -0.15) is 0 Å². The van der Waals surface area contributed by atoms with E-state index < -0.39 is 11.8 Å². The van der Waals surface area contributed by atoms with Crippen LogP contribution in [0.15, 0.2) is 48.7 Å². The number of hydrogen-bond donors (Lipinski definition) is 2. The van der Waals surface area contributed by atoms with Crippen LogP contribution in [0.5, 0.6) is 5.88 Å². The first-order valence-corrected chi connectivity index (χ1v) is 6.07. The standard InChI is InChI=1S/C14H13N3O4/c15-14(19)10-4-6-11(7-5-10)16-12(18)9-21-13-3-1-2-8-17(13)20/h1-8H,9H2,(H2,15,19)(H,16,18). The van der Waals surface area contributed by atoms with E-state index in [9.17, 15) is 14.8 Å². The van der Waals surface area contributed by atoms with Gasteiger partial charge in [-0.3, -0.25) is 9.59 Å². The molecule has 7 heteroatoms. The van der Waals surface area contributed by atoms with Crippen LogP contribution in [-0.2, 0) is 4.79 Å². The smallest absolute Gasteiger partial charge is 0.379 e. The molecule has 2 rings (SSSR count). The van der Waals surface area contributed by atoms with Crippen molar-refractivity contribution in [3.63, 3.8) is 0 Å². The highest BCUT2D eigenvalue weighted by Crippen LogP contribution is 2.09. The molecule has 7 nitrogen and oxygen atoms in total. The van der Waals surface area contributed by atoms with Gasteiger partial charge in [0.05, 0.1) is 6.07 Å². The first kappa shape index (κ1) is 14.3. The zero-order valence-electron chi connectivity index (χ0n) is 11.0. The fraction of sp³-hybridized carbons (Fsp3) is 0.0714. The van der Waals surface area contributed by atoms with Crippen molar-refractivity contribution in [2.24, 2.45) is 5.73 Å². The summed E-state index contributed by atoms with van der Waals surface area (Å²) in [5, 5.41) is 13.9. The summed E-state index contributed by atoms with van der Waals surface area (Å²) in [5.74, 6) is -0.928. The Labute approximate surface area is 120 Å². The van der Waals surface area contributed by atoms with Crippen LogP contribution in [-0.4, -0.2) is 18.4 Å². The number of anilines is 1. The van der Waals surface area contributed by atoms with Crippen molar-refractivity contribution in [3.05, 3.63) is 59.4 Å². The van der Waals surface area contributed by atoms with Crippen LogP contribution in [0, 0.1) is 5.21 Å². The number of nitrogens with zero attached hydrogens (tertiary/aromatic N) is 1. The second-order valence-corrected chi connectivity index (χ2v) is 4.14. The lowest BCUT2D eigenvalue weighted by Crippen LogP contribution is -2.30. The molecule has 0 fully saturated rings. The Kier molecular flexibility index (Phi) is 4.35. The highest BCUT2D eigenvalue weighted by molar-refractivity contribution is 5.95. The van der Waals surface area contributed by atoms with Gasteiger partial charge in [0.2, 0.25) is 5.91 Å². The van der Waals surface area contributed by atoms with E-state index in [0.29, 0.717) is 16.0 Å². The first-order chi connectivity index (χ1) is 10.1. The Morgan fingerprint density at radius 2 is 1.90 bits per heavy atom. The molecule has 108 valence electrons. The van der Waals surface area contributed by atoms with Crippen LogP contribution in [0.4, 0.5) is 5.69 Å². The highest BCUT2D eigenvalue weighted by atomic mass is 16.6. The lowest BCUT2D eigenvalue weighted by Gasteiger charge is -2.07. The Balaban J connectivity index is 1.90. The summed E-state index contributed by atoms with van der Waals surface area (Å²) < 4.78 is 5.62. The van der Waals surface area contributed by atoms with Gasteiger partial charge in [0.25, 0.3) is 5.91 Å². The predicted octanol–water partition coefficient (Wildman–Crippen LogP) is 0.436. The van der Waals surface area contributed by atoms with Crippen molar-refractivity contribution in [3.8, 4) is 5.88 Å². The Bertz CT molecular complexity index is 656.